The van der Waals surface area contributed by atoms with Crippen LogP contribution in [-0.4, -0.2) is 23.5 Å². The Morgan fingerprint density at radius 3 is 2.95 bits per heavy atom. The van der Waals surface area contributed by atoms with Gasteiger partial charge in [0.15, 0.2) is 0 Å². The predicted molar refractivity (Wildman–Crippen MR) is 82.1 cm³/mol. The van der Waals surface area contributed by atoms with Crippen LogP contribution >= 0.6 is 15.9 Å². The second-order valence-electron chi connectivity index (χ2n) is 4.67. The number of aryl methyl sites for hydroxylation is 1. The van der Waals surface area contributed by atoms with Gasteiger partial charge in [0, 0.05) is 12.7 Å². The van der Waals surface area contributed by atoms with E-state index in [2.05, 4.69) is 26.5 Å². The monoisotopic (exact) mass is 356 g/mol. The van der Waals surface area contributed by atoms with Crippen molar-refractivity contribution in [2.24, 2.45) is 5.84 Å². The maximum absolute atomic E-state index is 14.4. The maximum Gasteiger partial charge on any atom is 0.131 e. The van der Waals surface area contributed by atoms with Gasteiger partial charge in [-0.3, -0.25) is 10.5 Å². The van der Waals surface area contributed by atoms with E-state index in [9.17, 15) is 4.39 Å². The Bertz CT molecular complexity index is 617. The van der Waals surface area contributed by atoms with Gasteiger partial charge in [0.1, 0.15) is 5.82 Å². The SMILES string of the molecule is COCCn1ncc(Br)c1C(NN)c1cccc(C)c1F. The van der Waals surface area contributed by atoms with Crippen molar-refractivity contribution in [1.29, 1.82) is 0 Å². The van der Waals surface area contributed by atoms with Crippen molar-refractivity contribution in [2.75, 3.05) is 13.7 Å². The zero-order chi connectivity index (χ0) is 15.4. The van der Waals surface area contributed by atoms with E-state index in [4.69, 9.17) is 10.6 Å². The van der Waals surface area contributed by atoms with E-state index in [1.165, 1.54) is 0 Å². The molecular weight excluding hydrogens is 339 g/mol. The molecule has 5 nitrogen and oxygen atoms in total. The molecular formula is C14H18BrFN4O. The zero-order valence-electron chi connectivity index (χ0n) is 11.9. The topological polar surface area (TPSA) is 65.1 Å². The molecule has 114 valence electrons. The number of nitrogens with zero attached hydrogens (tertiary/aromatic N) is 2. The number of hydrazine groups is 1. The van der Waals surface area contributed by atoms with Crippen LogP contribution in [-0.2, 0) is 11.3 Å². The molecule has 7 heteroatoms. The summed E-state index contributed by atoms with van der Waals surface area (Å²) in [6, 6.07) is 4.75. The Kier molecular flexibility index (Phi) is 5.46. The van der Waals surface area contributed by atoms with Crippen LogP contribution in [0.5, 0.6) is 0 Å². The van der Waals surface area contributed by atoms with Crippen LogP contribution < -0.4 is 11.3 Å². The minimum Gasteiger partial charge on any atom is -0.383 e. The van der Waals surface area contributed by atoms with Gasteiger partial charge < -0.3 is 4.74 Å². The summed E-state index contributed by atoms with van der Waals surface area (Å²) in [5.41, 5.74) is 4.50. The number of ether oxygens (including phenoxy) is 1. The van der Waals surface area contributed by atoms with Crippen molar-refractivity contribution < 1.29 is 9.13 Å². The number of nitrogens with two attached hydrogens (primary N) is 1. The summed E-state index contributed by atoms with van der Waals surface area (Å²) in [4.78, 5) is 0. The highest BCUT2D eigenvalue weighted by Crippen LogP contribution is 2.30. The lowest BCUT2D eigenvalue weighted by Gasteiger charge is -2.20. The maximum atomic E-state index is 14.4. The van der Waals surface area contributed by atoms with Crippen LogP contribution in [0.4, 0.5) is 4.39 Å². The number of halogens is 2. The van der Waals surface area contributed by atoms with Gasteiger partial charge in [0.25, 0.3) is 0 Å². The highest BCUT2D eigenvalue weighted by Gasteiger charge is 2.24. The number of hydrogen-bond acceptors (Lipinski definition) is 4. The van der Waals surface area contributed by atoms with Gasteiger partial charge >= 0.3 is 0 Å². The third kappa shape index (κ3) is 3.32. The van der Waals surface area contributed by atoms with Gasteiger partial charge in [0.2, 0.25) is 0 Å². The molecule has 0 saturated carbocycles. The van der Waals surface area contributed by atoms with Crippen LogP contribution in [0.2, 0.25) is 0 Å². The van der Waals surface area contributed by atoms with Crippen molar-refractivity contribution in [3.63, 3.8) is 0 Å². The molecule has 0 bridgehead atoms. The minimum atomic E-state index is -0.501. The van der Waals surface area contributed by atoms with Gasteiger partial charge in [-0.25, -0.2) is 9.82 Å². The molecule has 0 spiro atoms. The Morgan fingerprint density at radius 1 is 1.52 bits per heavy atom. The molecule has 3 N–H and O–H groups in total. The minimum absolute atomic E-state index is 0.271. The Morgan fingerprint density at radius 2 is 2.29 bits per heavy atom. The molecule has 0 aliphatic carbocycles. The fraction of sp³-hybridized carbons (Fsp3) is 0.357. The highest BCUT2D eigenvalue weighted by molar-refractivity contribution is 9.10. The van der Waals surface area contributed by atoms with Gasteiger partial charge in [-0.2, -0.15) is 5.10 Å². The summed E-state index contributed by atoms with van der Waals surface area (Å²) in [5, 5.41) is 4.27. The Labute approximate surface area is 131 Å². The number of methoxy groups -OCH3 is 1. The van der Waals surface area contributed by atoms with E-state index < -0.39 is 6.04 Å². The summed E-state index contributed by atoms with van der Waals surface area (Å²) in [7, 11) is 1.62. The first-order valence-electron chi connectivity index (χ1n) is 6.51. The summed E-state index contributed by atoms with van der Waals surface area (Å²) in [6.45, 7) is 2.79. The van der Waals surface area contributed by atoms with Gasteiger partial charge in [-0.05, 0) is 28.4 Å². The third-order valence-corrected chi connectivity index (χ3v) is 3.92. The summed E-state index contributed by atoms with van der Waals surface area (Å²) < 4.78 is 22.0. The molecule has 0 radical (unpaired) electrons. The molecule has 1 heterocycles. The standard InChI is InChI=1S/C14H18BrFN4O/c1-9-4-3-5-10(12(9)16)13(19-17)14-11(15)8-18-20(14)6-7-21-2/h3-5,8,13,19H,6-7,17H2,1-2H3. The predicted octanol–water partition coefficient (Wildman–Crippen LogP) is 2.29. The van der Waals surface area contributed by atoms with E-state index in [0.29, 0.717) is 24.3 Å². The molecule has 2 rings (SSSR count). The number of nitrogens with one attached hydrogen (secondary N) is 1. The third-order valence-electron chi connectivity index (χ3n) is 3.31. The molecule has 0 fully saturated rings. The first-order valence-corrected chi connectivity index (χ1v) is 7.30. The van der Waals surface area contributed by atoms with E-state index in [1.54, 1.807) is 37.0 Å². The van der Waals surface area contributed by atoms with Gasteiger partial charge in [-0.15, -0.1) is 0 Å². The smallest absolute Gasteiger partial charge is 0.131 e. The molecule has 1 unspecified atom stereocenters. The van der Waals surface area contributed by atoms with Crippen LogP contribution in [0, 0.1) is 12.7 Å². The zero-order valence-corrected chi connectivity index (χ0v) is 13.5. The summed E-state index contributed by atoms with van der Waals surface area (Å²) in [6.07, 6.45) is 1.67. The van der Waals surface area contributed by atoms with E-state index >= 15 is 0 Å². The van der Waals surface area contributed by atoms with Crippen LogP contribution in [0.15, 0.2) is 28.9 Å². The quantitative estimate of drug-likeness (QED) is 0.615. The van der Waals surface area contributed by atoms with Crippen molar-refractivity contribution >= 4 is 15.9 Å². The lowest BCUT2D eigenvalue weighted by atomic mass is 10.0. The van der Waals surface area contributed by atoms with Gasteiger partial charge in [-0.1, -0.05) is 18.2 Å². The van der Waals surface area contributed by atoms with Crippen molar-refractivity contribution in [3.05, 3.63) is 51.5 Å². The molecule has 21 heavy (non-hydrogen) atoms. The first-order chi connectivity index (χ1) is 10.1. The van der Waals surface area contributed by atoms with Gasteiger partial charge in [0.05, 0.1) is 35.6 Å². The molecule has 0 saturated heterocycles. The summed E-state index contributed by atoms with van der Waals surface area (Å²) in [5.74, 6) is 5.40. The van der Waals surface area contributed by atoms with E-state index in [-0.39, 0.29) is 5.82 Å². The molecule has 1 aromatic carbocycles. The number of rotatable bonds is 6. The molecule has 0 aliphatic rings. The number of benzene rings is 1. The molecule has 0 aliphatic heterocycles. The fourth-order valence-electron chi connectivity index (χ4n) is 2.22. The van der Waals surface area contributed by atoms with Crippen LogP contribution in [0.3, 0.4) is 0 Å². The largest absolute Gasteiger partial charge is 0.383 e. The molecule has 0 amide bonds. The first kappa shape index (κ1) is 16.1. The second kappa shape index (κ2) is 7.13. The van der Waals surface area contributed by atoms with Crippen molar-refractivity contribution in [3.8, 4) is 0 Å². The van der Waals surface area contributed by atoms with E-state index in [0.717, 1.165) is 10.2 Å². The fourth-order valence-corrected chi connectivity index (χ4v) is 2.75. The normalized spacial score (nSPS) is 12.6. The number of aromatic nitrogens is 2. The van der Waals surface area contributed by atoms with Crippen molar-refractivity contribution in [1.82, 2.24) is 15.2 Å². The molecule has 1 atom stereocenters. The number of hydrogen-bond donors (Lipinski definition) is 2. The average molecular weight is 357 g/mol. The Balaban J connectivity index is 2.46. The lowest BCUT2D eigenvalue weighted by molar-refractivity contribution is 0.182. The average Bonchev–Trinajstić information content (AvgIpc) is 2.83. The Hall–Kier alpha value is -1.28. The summed E-state index contributed by atoms with van der Waals surface area (Å²) >= 11 is 3.45. The lowest BCUT2D eigenvalue weighted by Crippen LogP contribution is -2.32. The second-order valence-corrected chi connectivity index (χ2v) is 5.53. The molecule has 2 aromatic rings. The molecule has 1 aromatic heterocycles. The highest BCUT2D eigenvalue weighted by atomic mass is 79.9. The van der Waals surface area contributed by atoms with E-state index in [1.807, 2.05) is 6.07 Å². The van der Waals surface area contributed by atoms with Crippen molar-refractivity contribution in [2.45, 2.75) is 19.5 Å². The van der Waals surface area contributed by atoms with Crippen LogP contribution in [0.25, 0.3) is 0 Å². The van der Waals surface area contributed by atoms with Crippen LogP contribution in [0.1, 0.15) is 22.9 Å².